The predicted molar refractivity (Wildman–Crippen MR) is 66.4 cm³/mol. The minimum Gasteiger partial charge on any atom is -0.0914 e. The Morgan fingerprint density at radius 1 is 1.14 bits per heavy atom. The Hall–Kier alpha value is -0.260. The van der Waals surface area contributed by atoms with Crippen LogP contribution in [0.5, 0.6) is 0 Å². The molecule has 84 valence electrons. The van der Waals surface area contributed by atoms with Crippen molar-refractivity contribution in [3.05, 3.63) is 12.2 Å². The highest BCUT2D eigenvalue weighted by Crippen LogP contribution is 2.28. The largest absolute Gasteiger partial charge is 0.0914 e. The molecule has 0 saturated carbocycles. The molecular weight excluding hydrogens is 168 g/mol. The van der Waals surface area contributed by atoms with Crippen LogP contribution in [0.2, 0.25) is 0 Å². The molecular formula is C14H28. The van der Waals surface area contributed by atoms with E-state index in [0.29, 0.717) is 0 Å². The van der Waals surface area contributed by atoms with Crippen LogP contribution in [-0.2, 0) is 0 Å². The molecule has 0 heterocycles. The average molecular weight is 196 g/mol. The van der Waals surface area contributed by atoms with Gasteiger partial charge >= 0.3 is 0 Å². The molecule has 2 atom stereocenters. The van der Waals surface area contributed by atoms with Crippen molar-refractivity contribution in [1.82, 2.24) is 0 Å². The second-order valence-electron chi connectivity index (χ2n) is 4.78. The van der Waals surface area contributed by atoms with Gasteiger partial charge in [0, 0.05) is 0 Å². The van der Waals surface area contributed by atoms with Crippen LogP contribution in [-0.4, -0.2) is 0 Å². The molecule has 0 radical (unpaired) electrons. The Balaban J connectivity index is 4.26. The van der Waals surface area contributed by atoms with Gasteiger partial charge in [0.25, 0.3) is 0 Å². The monoisotopic (exact) mass is 196 g/mol. The highest BCUT2D eigenvalue weighted by molar-refractivity contribution is 4.89. The first kappa shape index (κ1) is 13.7. The molecule has 0 nitrogen and oxygen atoms in total. The molecule has 0 N–H and O–H groups in total. The average Bonchev–Trinajstić information content (AvgIpc) is 2.13. The maximum Gasteiger partial charge on any atom is -0.0203 e. The minimum atomic E-state index is 0.810. The van der Waals surface area contributed by atoms with E-state index < -0.39 is 0 Å². The normalized spacial score (nSPS) is 16.4. The van der Waals surface area contributed by atoms with Gasteiger partial charge in [0.05, 0.1) is 0 Å². The van der Waals surface area contributed by atoms with Gasteiger partial charge in [0.15, 0.2) is 0 Å². The maximum absolute atomic E-state index is 2.42. The van der Waals surface area contributed by atoms with Gasteiger partial charge in [-0.2, -0.15) is 0 Å². The molecule has 0 fully saturated rings. The summed E-state index contributed by atoms with van der Waals surface area (Å²) in [7, 11) is 0. The van der Waals surface area contributed by atoms with Crippen LogP contribution in [0.15, 0.2) is 12.2 Å². The fourth-order valence-corrected chi connectivity index (χ4v) is 2.31. The molecule has 0 heteroatoms. The molecule has 0 rings (SSSR count). The van der Waals surface area contributed by atoms with Crippen LogP contribution in [0.4, 0.5) is 0 Å². The van der Waals surface area contributed by atoms with E-state index in [9.17, 15) is 0 Å². The van der Waals surface area contributed by atoms with Gasteiger partial charge in [0.2, 0.25) is 0 Å². The van der Waals surface area contributed by atoms with Crippen LogP contribution < -0.4 is 0 Å². The minimum absolute atomic E-state index is 0.810. The van der Waals surface area contributed by atoms with E-state index in [1.807, 2.05) is 0 Å². The SMILES string of the molecule is C/C=C\C(CC(C)C)C(CC)CCC. The summed E-state index contributed by atoms with van der Waals surface area (Å²) in [5.41, 5.74) is 0. The maximum atomic E-state index is 2.42. The lowest BCUT2D eigenvalue weighted by Gasteiger charge is -2.24. The van der Waals surface area contributed by atoms with Crippen molar-refractivity contribution in [2.75, 3.05) is 0 Å². The molecule has 0 aromatic heterocycles. The highest BCUT2D eigenvalue weighted by atomic mass is 14.2. The molecule has 0 amide bonds. The Morgan fingerprint density at radius 3 is 2.14 bits per heavy atom. The second-order valence-corrected chi connectivity index (χ2v) is 4.78. The van der Waals surface area contributed by atoms with E-state index in [0.717, 1.165) is 17.8 Å². The van der Waals surface area contributed by atoms with Gasteiger partial charge < -0.3 is 0 Å². The van der Waals surface area contributed by atoms with Crippen LogP contribution in [0, 0.1) is 17.8 Å². The Morgan fingerprint density at radius 2 is 1.79 bits per heavy atom. The summed E-state index contributed by atoms with van der Waals surface area (Å²) in [5.74, 6) is 2.53. The molecule has 0 aliphatic heterocycles. The van der Waals surface area contributed by atoms with Crippen LogP contribution in [0.3, 0.4) is 0 Å². The van der Waals surface area contributed by atoms with Gasteiger partial charge in [-0.1, -0.05) is 59.1 Å². The Labute approximate surface area is 90.8 Å². The van der Waals surface area contributed by atoms with Gasteiger partial charge in [-0.3, -0.25) is 0 Å². The molecule has 0 saturated heterocycles. The van der Waals surface area contributed by atoms with Gasteiger partial charge in [0.1, 0.15) is 0 Å². The zero-order chi connectivity index (χ0) is 11.0. The fourth-order valence-electron chi connectivity index (χ4n) is 2.31. The van der Waals surface area contributed by atoms with Crippen molar-refractivity contribution in [3.63, 3.8) is 0 Å². The smallest absolute Gasteiger partial charge is 0.0203 e. The topological polar surface area (TPSA) is 0 Å². The summed E-state index contributed by atoms with van der Waals surface area (Å²) in [6, 6.07) is 0. The Bertz CT molecular complexity index is 144. The molecule has 0 aliphatic carbocycles. The molecule has 0 bridgehead atoms. The molecule has 2 unspecified atom stereocenters. The lowest BCUT2D eigenvalue weighted by Crippen LogP contribution is -2.14. The van der Waals surface area contributed by atoms with Crippen LogP contribution >= 0.6 is 0 Å². The summed E-state index contributed by atoms with van der Waals surface area (Å²) < 4.78 is 0. The third-order valence-electron chi connectivity index (χ3n) is 2.97. The summed E-state index contributed by atoms with van der Waals surface area (Å²) in [6.45, 7) is 11.4. The van der Waals surface area contributed by atoms with Crippen molar-refractivity contribution in [2.24, 2.45) is 17.8 Å². The molecule has 0 spiro atoms. The van der Waals surface area contributed by atoms with Gasteiger partial charge in [-0.05, 0) is 31.1 Å². The zero-order valence-electron chi connectivity index (χ0n) is 10.7. The summed E-state index contributed by atoms with van der Waals surface area (Å²) in [4.78, 5) is 0. The molecule has 14 heavy (non-hydrogen) atoms. The predicted octanol–water partition coefficient (Wildman–Crippen LogP) is 5.05. The molecule has 0 aliphatic rings. The first-order chi connectivity index (χ1) is 6.65. The second kappa shape index (κ2) is 8.08. The van der Waals surface area contributed by atoms with Gasteiger partial charge in [-0.15, -0.1) is 0 Å². The third-order valence-corrected chi connectivity index (χ3v) is 2.97. The quantitative estimate of drug-likeness (QED) is 0.500. The third kappa shape index (κ3) is 5.47. The molecule has 0 aromatic rings. The summed E-state index contributed by atoms with van der Waals surface area (Å²) in [6.07, 6.45) is 10.0. The van der Waals surface area contributed by atoms with Crippen LogP contribution in [0.25, 0.3) is 0 Å². The number of hydrogen-bond donors (Lipinski definition) is 0. The van der Waals surface area contributed by atoms with Crippen molar-refractivity contribution < 1.29 is 0 Å². The Kier molecular flexibility index (Phi) is 7.93. The molecule has 0 aromatic carbocycles. The van der Waals surface area contributed by atoms with E-state index in [2.05, 4.69) is 46.8 Å². The van der Waals surface area contributed by atoms with Crippen molar-refractivity contribution in [3.8, 4) is 0 Å². The number of hydrogen-bond acceptors (Lipinski definition) is 0. The van der Waals surface area contributed by atoms with Crippen LogP contribution in [0.1, 0.15) is 60.3 Å². The van der Waals surface area contributed by atoms with E-state index in [4.69, 9.17) is 0 Å². The fraction of sp³-hybridized carbons (Fsp3) is 0.857. The van der Waals surface area contributed by atoms with Crippen molar-refractivity contribution in [2.45, 2.75) is 60.3 Å². The van der Waals surface area contributed by atoms with Crippen molar-refractivity contribution >= 4 is 0 Å². The lowest BCUT2D eigenvalue weighted by atomic mass is 9.81. The van der Waals surface area contributed by atoms with E-state index in [1.54, 1.807) is 0 Å². The number of rotatable bonds is 7. The summed E-state index contributed by atoms with van der Waals surface area (Å²) in [5, 5.41) is 0. The lowest BCUT2D eigenvalue weighted by molar-refractivity contribution is 0.308. The zero-order valence-corrected chi connectivity index (χ0v) is 10.7. The van der Waals surface area contributed by atoms with Gasteiger partial charge in [-0.25, -0.2) is 0 Å². The van der Waals surface area contributed by atoms with Crippen molar-refractivity contribution in [1.29, 1.82) is 0 Å². The van der Waals surface area contributed by atoms with E-state index in [1.165, 1.54) is 25.7 Å². The first-order valence-corrected chi connectivity index (χ1v) is 6.28. The number of allylic oxidation sites excluding steroid dienone is 2. The van der Waals surface area contributed by atoms with E-state index in [-0.39, 0.29) is 0 Å². The standard InChI is InChI=1S/C14H28/c1-6-9-13(8-3)14(10-7-2)11-12(4)5/h7,10,12-14H,6,8-9,11H2,1-5H3/b10-7-. The van der Waals surface area contributed by atoms with E-state index >= 15 is 0 Å². The highest BCUT2D eigenvalue weighted by Gasteiger charge is 2.17. The first-order valence-electron chi connectivity index (χ1n) is 6.28. The summed E-state index contributed by atoms with van der Waals surface area (Å²) >= 11 is 0.